The third-order valence-electron chi connectivity index (χ3n) is 6.47. The predicted octanol–water partition coefficient (Wildman–Crippen LogP) is 6.87. The van der Waals surface area contributed by atoms with Gasteiger partial charge in [0, 0.05) is 34.6 Å². The van der Waals surface area contributed by atoms with E-state index in [0.717, 1.165) is 38.9 Å². The van der Waals surface area contributed by atoms with Crippen molar-refractivity contribution in [2.24, 2.45) is 0 Å². The molecule has 9 nitrogen and oxygen atoms in total. The number of H-pyrrole nitrogens is 1. The number of aromatic nitrogens is 6. The number of pyridine rings is 2. The largest absolute Gasteiger partial charge is 0.496 e. The molecule has 0 atom stereocenters. The molecule has 0 aliphatic rings. The molecule has 0 spiro atoms. The van der Waals surface area contributed by atoms with Gasteiger partial charge in [0.2, 0.25) is 0 Å². The molecule has 202 valence electrons. The maximum Gasteiger partial charge on any atom is 0.420 e. The van der Waals surface area contributed by atoms with Gasteiger partial charge in [-0.1, -0.05) is 12.1 Å². The highest BCUT2D eigenvalue weighted by molar-refractivity contribution is 6.06. The van der Waals surface area contributed by atoms with Gasteiger partial charge in [-0.25, -0.2) is 15.0 Å². The van der Waals surface area contributed by atoms with Gasteiger partial charge in [0.25, 0.3) is 0 Å². The van der Waals surface area contributed by atoms with E-state index in [0.29, 0.717) is 22.9 Å². The van der Waals surface area contributed by atoms with Gasteiger partial charge in [0.1, 0.15) is 17.9 Å². The Morgan fingerprint density at radius 2 is 1.73 bits per heavy atom. The molecule has 40 heavy (non-hydrogen) atoms. The number of alkyl halides is 3. The van der Waals surface area contributed by atoms with Crippen LogP contribution in [0.5, 0.6) is 5.75 Å². The summed E-state index contributed by atoms with van der Waals surface area (Å²) < 4.78 is 45.7. The minimum absolute atomic E-state index is 0. The number of ether oxygens (including phenoxy) is 1. The average molecular weight is 545 g/mol. The first-order valence-electron chi connectivity index (χ1n) is 11.9. The second-order valence-corrected chi connectivity index (χ2v) is 8.80. The van der Waals surface area contributed by atoms with Gasteiger partial charge < -0.3 is 16.2 Å². The van der Waals surface area contributed by atoms with Crippen LogP contribution in [0, 0.1) is 6.92 Å². The Bertz CT molecular complexity index is 1850. The number of aryl methyl sites for hydroxylation is 1. The number of hydrogen-bond donors (Lipinski definition) is 3. The number of halogens is 3. The summed E-state index contributed by atoms with van der Waals surface area (Å²) in [6, 6.07) is 13.3. The van der Waals surface area contributed by atoms with Crippen molar-refractivity contribution in [2.75, 3.05) is 12.4 Å². The quantitative estimate of drug-likeness (QED) is 0.214. The Kier molecular flexibility index (Phi) is 6.78. The van der Waals surface area contributed by atoms with E-state index in [1.807, 2.05) is 37.3 Å². The topological polar surface area (TPSA) is 136 Å². The lowest BCUT2D eigenvalue weighted by molar-refractivity contribution is -0.138. The molecule has 0 bridgehead atoms. The summed E-state index contributed by atoms with van der Waals surface area (Å²) in [6.07, 6.45) is 1.90. The van der Waals surface area contributed by atoms with Crippen molar-refractivity contribution in [1.29, 1.82) is 0 Å². The maximum absolute atomic E-state index is 13.6. The average Bonchev–Trinajstić information content (AvgIpc) is 3.42. The van der Waals surface area contributed by atoms with E-state index in [4.69, 9.17) is 9.72 Å². The summed E-state index contributed by atoms with van der Waals surface area (Å²) in [6.45, 7) is 1.98. The fourth-order valence-corrected chi connectivity index (χ4v) is 4.70. The van der Waals surface area contributed by atoms with Crippen molar-refractivity contribution in [3.63, 3.8) is 0 Å². The molecule has 4 aromatic heterocycles. The Hall–Kier alpha value is -5.10. The van der Waals surface area contributed by atoms with E-state index in [9.17, 15) is 13.2 Å². The molecular weight excluding hydrogens is 521 g/mol. The zero-order chi connectivity index (χ0) is 27.1. The fraction of sp³-hybridized carbons (Fsp3) is 0.107. The van der Waals surface area contributed by atoms with E-state index >= 15 is 0 Å². The van der Waals surface area contributed by atoms with E-state index in [2.05, 4.69) is 30.5 Å². The zero-order valence-corrected chi connectivity index (χ0v) is 21.4. The Morgan fingerprint density at radius 3 is 2.52 bits per heavy atom. The summed E-state index contributed by atoms with van der Waals surface area (Å²) in [5.74, 6) is 0.153. The molecule has 6 rings (SSSR count). The minimum Gasteiger partial charge on any atom is -0.496 e. The molecule has 0 aliphatic heterocycles. The molecule has 0 aliphatic carbocycles. The van der Waals surface area contributed by atoms with E-state index in [1.165, 1.54) is 25.6 Å². The Labute approximate surface area is 226 Å². The van der Waals surface area contributed by atoms with Crippen LogP contribution in [0.15, 0.2) is 73.4 Å². The molecular formula is C28H23F3N8O. The monoisotopic (exact) mass is 544 g/mol. The van der Waals surface area contributed by atoms with Crippen molar-refractivity contribution in [3.05, 3.63) is 84.6 Å². The van der Waals surface area contributed by atoms with Crippen LogP contribution >= 0.6 is 0 Å². The number of fused-ring (bicyclic) bond motifs is 2. The third kappa shape index (κ3) is 4.54. The summed E-state index contributed by atoms with van der Waals surface area (Å²) in [7, 11) is 1.21. The highest BCUT2D eigenvalue weighted by Crippen LogP contribution is 2.41. The number of nitrogens with zero attached hydrogens (tertiary/aromatic N) is 5. The molecule has 5 N–H and O–H groups in total. The van der Waals surface area contributed by atoms with Gasteiger partial charge in [0.05, 0.1) is 35.6 Å². The van der Waals surface area contributed by atoms with Crippen molar-refractivity contribution in [3.8, 4) is 28.3 Å². The number of aromatic amines is 1. The lowest BCUT2D eigenvalue weighted by Gasteiger charge is -2.17. The van der Waals surface area contributed by atoms with Crippen LogP contribution in [0.3, 0.4) is 0 Å². The molecule has 0 saturated heterocycles. The van der Waals surface area contributed by atoms with Gasteiger partial charge in [-0.3, -0.25) is 10.1 Å². The molecule has 4 heterocycles. The van der Waals surface area contributed by atoms with Crippen LogP contribution in [-0.4, -0.2) is 37.2 Å². The summed E-state index contributed by atoms with van der Waals surface area (Å²) in [5, 5.41) is 12.3. The number of hydrogen-bond acceptors (Lipinski definition) is 8. The van der Waals surface area contributed by atoms with Crippen LogP contribution in [0.25, 0.3) is 44.3 Å². The lowest BCUT2D eigenvalue weighted by atomic mass is 9.93. The number of rotatable bonds is 5. The number of benzene rings is 2. The van der Waals surface area contributed by atoms with Gasteiger partial charge in [-0.15, -0.1) is 0 Å². The van der Waals surface area contributed by atoms with Gasteiger partial charge in [-0.2, -0.15) is 18.3 Å². The van der Waals surface area contributed by atoms with Crippen molar-refractivity contribution >= 4 is 33.3 Å². The fourth-order valence-electron chi connectivity index (χ4n) is 4.70. The van der Waals surface area contributed by atoms with Gasteiger partial charge >= 0.3 is 6.18 Å². The maximum atomic E-state index is 13.6. The van der Waals surface area contributed by atoms with Crippen LogP contribution in [0.1, 0.15) is 11.1 Å². The second-order valence-electron chi connectivity index (χ2n) is 8.80. The van der Waals surface area contributed by atoms with Crippen LogP contribution in [0.2, 0.25) is 0 Å². The highest BCUT2D eigenvalue weighted by Gasteiger charge is 2.34. The van der Waals surface area contributed by atoms with Crippen LogP contribution < -0.4 is 16.2 Å². The summed E-state index contributed by atoms with van der Waals surface area (Å²) in [4.78, 5) is 17.9. The molecule has 0 radical (unpaired) electrons. The number of anilines is 2. The molecule has 0 fully saturated rings. The standard InChI is InChI=1S/C28H20F3N7O.H3N/c1-15-5-7-18-17(9-11-33-26(18)37-16-6-8-22(39-2)21(12-16)28(29,30)31)23(15)25-19(4-3-10-32-25)24-20-13-36-38-27(20)35-14-34-24;/h3-14H,1-2H3,(H,33,37)(H,34,35,36,38);1H3. The van der Waals surface area contributed by atoms with Crippen LogP contribution in [0.4, 0.5) is 24.7 Å². The first kappa shape index (κ1) is 26.5. The normalized spacial score (nSPS) is 11.4. The summed E-state index contributed by atoms with van der Waals surface area (Å²) in [5.41, 5.74) is 3.94. The highest BCUT2D eigenvalue weighted by atomic mass is 19.4. The minimum atomic E-state index is -4.57. The van der Waals surface area contributed by atoms with Crippen molar-refractivity contribution in [1.82, 2.24) is 36.3 Å². The number of nitrogens with one attached hydrogen (secondary N) is 2. The Morgan fingerprint density at radius 1 is 0.875 bits per heavy atom. The molecule has 0 saturated carbocycles. The SMILES string of the molecule is COc1ccc(Nc2nccc3c(-c4ncccc4-c4ncnc5[nH]ncc45)c(C)ccc23)cc1C(F)(F)F.N. The van der Waals surface area contributed by atoms with Crippen molar-refractivity contribution in [2.45, 2.75) is 13.1 Å². The lowest BCUT2D eigenvalue weighted by Crippen LogP contribution is -2.08. The second kappa shape index (κ2) is 10.2. The first-order chi connectivity index (χ1) is 18.8. The molecule has 2 aromatic carbocycles. The number of methoxy groups -OCH3 is 1. The smallest absolute Gasteiger partial charge is 0.420 e. The predicted molar refractivity (Wildman–Crippen MR) is 147 cm³/mol. The first-order valence-corrected chi connectivity index (χ1v) is 11.9. The van der Waals surface area contributed by atoms with E-state index in [-0.39, 0.29) is 17.6 Å². The van der Waals surface area contributed by atoms with Crippen molar-refractivity contribution < 1.29 is 17.9 Å². The molecule has 12 heteroatoms. The van der Waals surface area contributed by atoms with Gasteiger partial charge in [-0.05, 0) is 54.3 Å². The zero-order valence-electron chi connectivity index (χ0n) is 21.4. The molecule has 0 unspecified atom stereocenters. The van der Waals surface area contributed by atoms with Crippen LogP contribution in [-0.2, 0) is 6.18 Å². The third-order valence-corrected chi connectivity index (χ3v) is 6.47. The van der Waals surface area contributed by atoms with Gasteiger partial charge in [0.15, 0.2) is 5.65 Å². The molecule has 0 amide bonds. The molecule has 6 aromatic rings. The summed E-state index contributed by atoms with van der Waals surface area (Å²) >= 11 is 0. The van der Waals surface area contributed by atoms with E-state index < -0.39 is 11.7 Å². The van der Waals surface area contributed by atoms with E-state index in [1.54, 1.807) is 18.6 Å². The Balaban J connectivity index is 0.00000323.